The van der Waals surface area contributed by atoms with Gasteiger partial charge in [0.1, 0.15) is 17.7 Å². The van der Waals surface area contributed by atoms with Gasteiger partial charge in [-0.3, -0.25) is 9.69 Å². The van der Waals surface area contributed by atoms with E-state index in [0.29, 0.717) is 11.5 Å². The van der Waals surface area contributed by atoms with Gasteiger partial charge in [-0.15, -0.1) is 0 Å². The van der Waals surface area contributed by atoms with Gasteiger partial charge < -0.3 is 14.5 Å². The summed E-state index contributed by atoms with van der Waals surface area (Å²) in [5, 5.41) is 8.58. The SMILES string of the molecule is CNO.COc1ccc(CN2CCC(c3ccnc4c3ccn4Cc3ccc(C=O)cc3)CC2)cc1. The first-order valence-electron chi connectivity index (χ1n) is 12.3. The van der Waals surface area contributed by atoms with Gasteiger partial charge >= 0.3 is 0 Å². The molecule has 0 spiro atoms. The second kappa shape index (κ2) is 12.4. The molecule has 0 aliphatic carbocycles. The van der Waals surface area contributed by atoms with Crippen molar-refractivity contribution in [2.75, 3.05) is 27.2 Å². The summed E-state index contributed by atoms with van der Waals surface area (Å²) in [6.45, 7) is 3.94. The van der Waals surface area contributed by atoms with Gasteiger partial charge in [-0.2, -0.15) is 0 Å². The summed E-state index contributed by atoms with van der Waals surface area (Å²) in [5.41, 5.74) is 7.40. The molecule has 2 aromatic heterocycles. The lowest BCUT2D eigenvalue weighted by molar-refractivity contribution is 0.112. The predicted octanol–water partition coefficient (Wildman–Crippen LogP) is 4.88. The number of piperidine rings is 1. The first-order valence-corrected chi connectivity index (χ1v) is 12.3. The Balaban J connectivity index is 0.000000967. The van der Waals surface area contributed by atoms with E-state index in [-0.39, 0.29) is 0 Å². The highest BCUT2D eigenvalue weighted by molar-refractivity contribution is 5.81. The average molecular weight is 487 g/mol. The molecule has 5 rings (SSSR count). The molecule has 7 nitrogen and oxygen atoms in total. The van der Waals surface area contributed by atoms with E-state index in [0.717, 1.165) is 62.3 Å². The fourth-order valence-corrected chi connectivity index (χ4v) is 4.88. The quantitative estimate of drug-likeness (QED) is 0.286. The van der Waals surface area contributed by atoms with Crippen molar-refractivity contribution in [3.05, 3.63) is 95.3 Å². The lowest BCUT2D eigenvalue weighted by atomic mass is 9.88. The largest absolute Gasteiger partial charge is 0.497 e. The summed E-state index contributed by atoms with van der Waals surface area (Å²) in [6.07, 6.45) is 7.28. The number of ether oxygens (including phenoxy) is 1. The van der Waals surface area contributed by atoms with Crippen LogP contribution in [0.2, 0.25) is 0 Å². The Hall–Kier alpha value is -3.52. The van der Waals surface area contributed by atoms with Crippen molar-refractivity contribution in [2.24, 2.45) is 0 Å². The van der Waals surface area contributed by atoms with Crippen molar-refractivity contribution < 1.29 is 14.7 Å². The summed E-state index contributed by atoms with van der Waals surface area (Å²) in [5.74, 6) is 1.47. The molecule has 0 bridgehead atoms. The van der Waals surface area contributed by atoms with Gasteiger partial charge in [-0.05, 0) is 72.8 Å². The molecule has 0 radical (unpaired) electrons. The maximum absolute atomic E-state index is 10.9. The first kappa shape index (κ1) is 25.6. The van der Waals surface area contributed by atoms with Gasteiger partial charge in [0.2, 0.25) is 0 Å². The maximum Gasteiger partial charge on any atom is 0.150 e. The Morgan fingerprint density at radius 1 is 1.00 bits per heavy atom. The topological polar surface area (TPSA) is 79.6 Å². The van der Waals surface area contributed by atoms with E-state index in [4.69, 9.17) is 14.9 Å². The number of carbonyl (C=O) groups is 1. The number of aromatic nitrogens is 2. The monoisotopic (exact) mass is 486 g/mol. The lowest BCUT2D eigenvalue weighted by Crippen LogP contribution is -2.32. The van der Waals surface area contributed by atoms with E-state index >= 15 is 0 Å². The molecule has 0 saturated carbocycles. The number of hydrogen-bond acceptors (Lipinski definition) is 6. The number of carbonyl (C=O) groups excluding carboxylic acids is 1. The molecule has 3 heterocycles. The van der Waals surface area contributed by atoms with Crippen molar-refractivity contribution in [1.29, 1.82) is 0 Å². The third kappa shape index (κ3) is 6.18. The fraction of sp³-hybridized carbons (Fsp3) is 0.310. The smallest absolute Gasteiger partial charge is 0.150 e. The number of nitrogens with one attached hydrogen (secondary N) is 1. The standard InChI is InChI=1S/C28H29N3O2.CH5NO/c1-33-25-8-6-21(7-9-25)18-30-15-11-24(12-16-30)26-10-14-29-28-27(26)13-17-31(28)19-22-2-4-23(20-32)5-3-22;1-2-3/h2-10,13-14,17,20,24H,11-12,15-16,18-19H2,1H3;2-3H,1H3. The zero-order chi connectivity index (χ0) is 25.3. The molecule has 1 aliphatic heterocycles. The lowest BCUT2D eigenvalue weighted by Gasteiger charge is -2.32. The van der Waals surface area contributed by atoms with Crippen LogP contribution in [0, 0.1) is 0 Å². The summed E-state index contributed by atoms with van der Waals surface area (Å²) in [7, 11) is 3.14. The highest BCUT2D eigenvalue weighted by Gasteiger charge is 2.23. The van der Waals surface area contributed by atoms with E-state index in [2.05, 4.69) is 39.9 Å². The fourth-order valence-electron chi connectivity index (χ4n) is 4.88. The molecule has 0 amide bonds. The minimum atomic E-state index is 0.561. The van der Waals surface area contributed by atoms with Crippen LogP contribution in [0.15, 0.2) is 73.1 Å². The molecule has 1 aliphatic rings. The van der Waals surface area contributed by atoms with E-state index in [1.165, 1.54) is 23.6 Å². The van der Waals surface area contributed by atoms with E-state index in [1.54, 1.807) is 12.6 Å². The van der Waals surface area contributed by atoms with Crippen LogP contribution in [0.4, 0.5) is 0 Å². The van der Waals surface area contributed by atoms with E-state index in [9.17, 15) is 4.79 Å². The second-order valence-corrected chi connectivity index (χ2v) is 9.06. The number of rotatable bonds is 7. The van der Waals surface area contributed by atoms with Crippen molar-refractivity contribution in [3.8, 4) is 5.75 Å². The van der Waals surface area contributed by atoms with Crippen LogP contribution in [0.3, 0.4) is 0 Å². The zero-order valence-electron chi connectivity index (χ0n) is 20.9. The summed E-state index contributed by atoms with van der Waals surface area (Å²) in [4.78, 5) is 18.2. The number of pyridine rings is 1. The summed E-state index contributed by atoms with van der Waals surface area (Å²) in [6, 6.07) is 20.6. The van der Waals surface area contributed by atoms with Crippen LogP contribution < -0.4 is 10.2 Å². The van der Waals surface area contributed by atoms with E-state index in [1.807, 2.05) is 42.6 Å². The predicted molar refractivity (Wildman–Crippen MR) is 142 cm³/mol. The first-order chi connectivity index (χ1) is 17.6. The van der Waals surface area contributed by atoms with Crippen LogP contribution in [0.1, 0.15) is 45.8 Å². The summed E-state index contributed by atoms with van der Waals surface area (Å²) < 4.78 is 7.47. The second-order valence-electron chi connectivity index (χ2n) is 9.06. The number of likely N-dealkylation sites (tertiary alicyclic amines) is 1. The maximum atomic E-state index is 10.9. The number of aldehydes is 1. The molecule has 4 aromatic rings. The molecule has 188 valence electrons. The van der Waals surface area contributed by atoms with Crippen molar-refractivity contribution in [1.82, 2.24) is 19.9 Å². The zero-order valence-corrected chi connectivity index (χ0v) is 20.9. The van der Waals surface area contributed by atoms with Gasteiger partial charge in [0.15, 0.2) is 0 Å². The van der Waals surface area contributed by atoms with Crippen LogP contribution in [-0.2, 0) is 13.1 Å². The molecular weight excluding hydrogens is 452 g/mol. The molecule has 7 heteroatoms. The molecule has 36 heavy (non-hydrogen) atoms. The molecule has 0 atom stereocenters. The highest BCUT2D eigenvalue weighted by atomic mass is 16.5. The normalized spacial score (nSPS) is 14.3. The van der Waals surface area contributed by atoms with Crippen LogP contribution in [0.25, 0.3) is 11.0 Å². The number of fused-ring (bicyclic) bond motifs is 1. The number of hydrogen-bond donors (Lipinski definition) is 2. The average Bonchev–Trinajstić information content (AvgIpc) is 3.33. The van der Waals surface area contributed by atoms with Gasteiger partial charge in [0.25, 0.3) is 0 Å². The molecule has 1 saturated heterocycles. The molecule has 0 unspecified atom stereocenters. The van der Waals surface area contributed by atoms with E-state index < -0.39 is 0 Å². The van der Waals surface area contributed by atoms with Crippen molar-refractivity contribution >= 4 is 17.3 Å². The van der Waals surface area contributed by atoms with Crippen LogP contribution in [0.5, 0.6) is 5.75 Å². The third-order valence-corrected chi connectivity index (χ3v) is 6.76. The number of nitrogens with zero attached hydrogens (tertiary/aromatic N) is 3. The number of methoxy groups -OCH3 is 1. The molecule has 2 aromatic carbocycles. The van der Waals surface area contributed by atoms with Gasteiger partial charge in [-0.25, -0.2) is 10.5 Å². The minimum Gasteiger partial charge on any atom is -0.497 e. The summed E-state index contributed by atoms with van der Waals surface area (Å²) >= 11 is 0. The van der Waals surface area contributed by atoms with Gasteiger partial charge in [0, 0.05) is 43.5 Å². The minimum absolute atomic E-state index is 0.561. The molecule has 1 fully saturated rings. The Bertz CT molecular complexity index is 1240. The number of benzene rings is 2. The van der Waals surface area contributed by atoms with Gasteiger partial charge in [-0.1, -0.05) is 36.4 Å². The Kier molecular flexibility index (Phi) is 8.84. The molecular formula is C29H34N4O3. The number of hydroxylamine groups is 1. The molecule has 2 N–H and O–H groups in total. The Morgan fingerprint density at radius 3 is 2.28 bits per heavy atom. The van der Waals surface area contributed by atoms with Crippen LogP contribution >= 0.6 is 0 Å². The van der Waals surface area contributed by atoms with Crippen molar-refractivity contribution in [2.45, 2.75) is 31.8 Å². The Morgan fingerprint density at radius 2 is 1.64 bits per heavy atom. The Labute approximate surface area is 212 Å². The third-order valence-electron chi connectivity index (χ3n) is 6.76. The van der Waals surface area contributed by atoms with Crippen molar-refractivity contribution in [3.63, 3.8) is 0 Å². The van der Waals surface area contributed by atoms with Crippen LogP contribution in [-0.4, -0.2) is 53.2 Å². The highest BCUT2D eigenvalue weighted by Crippen LogP contribution is 2.33. The van der Waals surface area contributed by atoms with Gasteiger partial charge in [0.05, 0.1) is 7.11 Å².